The SMILES string of the molecule is CCC(O)(CC)[C@@H]1CCCN1CCCCl. The molecule has 0 radical (unpaired) electrons. The van der Waals surface area contributed by atoms with Crippen LogP contribution in [0.4, 0.5) is 0 Å². The van der Waals surface area contributed by atoms with Gasteiger partial charge in [-0.15, -0.1) is 11.6 Å². The van der Waals surface area contributed by atoms with Crippen molar-refractivity contribution in [2.75, 3.05) is 19.0 Å². The predicted octanol–water partition coefficient (Wildman–Crippen LogP) is 2.63. The molecule has 1 aliphatic heterocycles. The second-order valence-electron chi connectivity index (χ2n) is 4.55. The van der Waals surface area contributed by atoms with E-state index >= 15 is 0 Å². The Morgan fingerprint density at radius 2 is 2.07 bits per heavy atom. The van der Waals surface area contributed by atoms with Crippen molar-refractivity contribution in [3.63, 3.8) is 0 Å². The van der Waals surface area contributed by atoms with E-state index in [4.69, 9.17) is 11.6 Å². The van der Waals surface area contributed by atoms with Gasteiger partial charge in [0.2, 0.25) is 0 Å². The molecule has 1 saturated heterocycles. The highest BCUT2D eigenvalue weighted by Gasteiger charge is 2.39. The highest BCUT2D eigenvalue weighted by molar-refractivity contribution is 6.17. The zero-order valence-corrected chi connectivity index (χ0v) is 10.8. The van der Waals surface area contributed by atoms with Gasteiger partial charge in [-0.25, -0.2) is 0 Å². The van der Waals surface area contributed by atoms with Gasteiger partial charge < -0.3 is 5.11 Å². The number of hydrogen-bond acceptors (Lipinski definition) is 2. The Hall–Kier alpha value is 0.210. The lowest BCUT2D eigenvalue weighted by atomic mass is 9.87. The highest BCUT2D eigenvalue weighted by atomic mass is 35.5. The van der Waals surface area contributed by atoms with Crippen LogP contribution < -0.4 is 0 Å². The molecule has 2 nitrogen and oxygen atoms in total. The molecule has 0 unspecified atom stereocenters. The first kappa shape index (κ1) is 13.3. The number of halogens is 1. The van der Waals surface area contributed by atoms with E-state index in [0.717, 1.165) is 44.7 Å². The summed E-state index contributed by atoms with van der Waals surface area (Å²) in [6.45, 7) is 6.34. The third kappa shape index (κ3) is 3.08. The third-order valence-electron chi connectivity index (χ3n) is 3.79. The van der Waals surface area contributed by atoms with Crippen LogP contribution in [0.1, 0.15) is 46.0 Å². The molecule has 0 bridgehead atoms. The summed E-state index contributed by atoms with van der Waals surface area (Å²) in [7, 11) is 0. The summed E-state index contributed by atoms with van der Waals surface area (Å²) in [6, 6.07) is 0.357. The molecule has 1 heterocycles. The summed E-state index contributed by atoms with van der Waals surface area (Å²) in [5.41, 5.74) is -0.483. The molecule has 15 heavy (non-hydrogen) atoms. The number of hydrogen-bond donors (Lipinski definition) is 1. The Labute approximate surface area is 98.6 Å². The Kier molecular flexibility index (Phi) is 5.37. The monoisotopic (exact) mass is 233 g/mol. The molecule has 0 spiro atoms. The second-order valence-corrected chi connectivity index (χ2v) is 4.93. The molecule has 1 aliphatic rings. The minimum absolute atomic E-state index is 0.357. The second kappa shape index (κ2) is 6.07. The van der Waals surface area contributed by atoms with Crippen LogP contribution in [-0.2, 0) is 0 Å². The van der Waals surface area contributed by atoms with Crippen LogP contribution in [0.5, 0.6) is 0 Å². The summed E-state index contributed by atoms with van der Waals surface area (Å²) in [5, 5.41) is 10.5. The Balaban J connectivity index is 2.58. The minimum Gasteiger partial charge on any atom is -0.388 e. The summed E-state index contributed by atoms with van der Waals surface area (Å²) in [4.78, 5) is 2.43. The van der Waals surface area contributed by atoms with Gasteiger partial charge in [-0.1, -0.05) is 13.8 Å². The molecule has 1 fully saturated rings. The molecule has 0 aromatic carbocycles. The van der Waals surface area contributed by atoms with E-state index in [1.165, 1.54) is 6.42 Å². The van der Waals surface area contributed by atoms with Crippen molar-refractivity contribution >= 4 is 11.6 Å². The number of rotatable bonds is 6. The van der Waals surface area contributed by atoms with Crippen molar-refractivity contribution < 1.29 is 5.11 Å². The van der Waals surface area contributed by atoms with Gasteiger partial charge in [0.1, 0.15) is 0 Å². The molecular formula is C12H24ClNO. The first-order chi connectivity index (χ1) is 7.18. The molecule has 0 aromatic heterocycles. The van der Waals surface area contributed by atoms with E-state index in [0.29, 0.717) is 6.04 Å². The molecule has 0 saturated carbocycles. The molecule has 0 aliphatic carbocycles. The van der Waals surface area contributed by atoms with Gasteiger partial charge in [-0.3, -0.25) is 4.90 Å². The van der Waals surface area contributed by atoms with Gasteiger partial charge in [0.05, 0.1) is 5.60 Å². The summed E-state index contributed by atoms with van der Waals surface area (Å²) in [6.07, 6.45) is 5.09. The lowest BCUT2D eigenvalue weighted by molar-refractivity contribution is -0.0394. The van der Waals surface area contributed by atoms with E-state index in [1.54, 1.807) is 0 Å². The van der Waals surface area contributed by atoms with E-state index in [2.05, 4.69) is 18.7 Å². The number of nitrogens with zero attached hydrogens (tertiary/aromatic N) is 1. The first-order valence-electron chi connectivity index (χ1n) is 6.20. The van der Waals surface area contributed by atoms with Crippen molar-refractivity contribution in [3.05, 3.63) is 0 Å². The van der Waals surface area contributed by atoms with E-state index in [1.807, 2.05) is 0 Å². The molecular weight excluding hydrogens is 210 g/mol. The quantitative estimate of drug-likeness (QED) is 0.713. The standard InChI is InChI=1S/C12H24ClNO/c1-3-12(15,4-2)11-7-5-9-14(11)10-6-8-13/h11,15H,3-10H2,1-2H3/t11-/m0/s1. The van der Waals surface area contributed by atoms with Crippen LogP contribution in [0.2, 0.25) is 0 Å². The largest absolute Gasteiger partial charge is 0.388 e. The van der Waals surface area contributed by atoms with Crippen molar-refractivity contribution in [1.29, 1.82) is 0 Å². The molecule has 0 aromatic rings. The van der Waals surface area contributed by atoms with Crippen LogP contribution in [0.25, 0.3) is 0 Å². The molecule has 0 amide bonds. The van der Waals surface area contributed by atoms with Crippen LogP contribution in [-0.4, -0.2) is 40.6 Å². The average molecular weight is 234 g/mol. The van der Waals surface area contributed by atoms with E-state index in [9.17, 15) is 5.11 Å². The maximum absolute atomic E-state index is 10.5. The maximum atomic E-state index is 10.5. The summed E-state index contributed by atoms with van der Waals surface area (Å²) in [5.74, 6) is 0.722. The summed E-state index contributed by atoms with van der Waals surface area (Å²) >= 11 is 5.72. The number of alkyl halides is 1. The maximum Gasteiger partial charge on any atom is 0.0797 e. The van der Waals surface area contributed by atoms with Gasteiger partial charge in [0, 0.05) is 11.9 Å². The Morgan fingerprint density at radius 3 is 2.60 bits per heavy atom. The van der Waals surface area contributed by atoms with Crippen LogP contribution in [0, 0.1) is 0 Å². The van der Waals surface area contributed by atoms with E-state index in [-0.39, 0.29) is 0 Å². The fourth-order valence-electron chi connectivity index (χ4n) is 2.69. The zero-order valence-electron chi connectivity index (χ0n) is 10.0. The van der Waals surface area contributed by atoms with Crippen molar-refractivity contribution in [2.45, 2.75) is 57.6 Å². The van der Waals surface area contributed by atoms with Gasteiger partial charge in [-0.2, -0.15) is 0 Å². The van der Waals surface area contributed by atoms with Gasteiger partial charge >= 0.3 is 0 Å². The lowest BCUT2D eigenvalue weighted by Gasteiger charge is -2.38. The number of likely N-dealkylation sites (tertiary alicyclic amines) is 1. The third-order valence-corrected chi connectivity index (χ3v) is 4.05. The Morgan fingerprint density at radius 1 is 1.40 bits per heavy atom. The van der Waals surface area contributed by atoms with Gasteiger partial charge in [0.25, 0.3) is 0 Å². The topological polar surface area (TPSA) is 23.5 Å². The van der Waals surface area contributed by atoms with Gasteiger partial charge in [0.15, 0.2) is 0 Å². The molecule has 3 heteroatoms. The predicted molar refractivity (Wildman–Crippen MR) is 65.5 cm³/mol. The van der Waals surface area contributed by atoms with Crippen molar-refractivity contribution in [3.8, 4) is 0 Å². The fraction of sp³-hybridized carbons (Fsp3) is 1.00. The number of aliphatic hydroxyl groups is 1. The molecule has 1 rings (SSSR count). The fourth-order valence-corrected chi connectivity index (χ4v) is 2.81. The highest BCUT2D eigenvalue weighted by Crippen LogP contribution is 2.31. The Bertz CT molecular complexity index is 182. The van der Waals surface area contributed by atoms with Crippen molar-refractivity contribution in [1.82, 2.24) is 4.90 Å². The molecule has 90 valence electrons. The smallest absolute Gasteiger partial charge is 0.0797 e. The molecule has 1 N–H and O–H groups in total. The average Bonchev–Trinajstić information content (AvgIpc) is 2.74. The van der Waals surface area contributed by atoms with Gasteiger partial charge in [-0.05, 0) is 45.2 Å². The van der Waals surface area contributed by atoms with Crippen LogP contribution in [0.15, 0.2) is 0 Å². The van der Waals surface area contributed by atoms with E-state index < -0.39 is 5.60 Å². The van der Waals surface area contributed by atoms with Crippen molar-refractivity contribution in [2.24, 2.45) is 0 Å². The molecule has 1 atom stereocenters. The lowest BCUT2D eigenvalue weighted by Crippen LogP contribution is -2.49. The first-order valence-corrected chi connectivity index (χ1v) is 6.73. The minimum atomic E-state index is -0.483. The van der Waals surface area contributed by atoms with Crippen LogP contribution in [0.3, 0.4) is 0 Å². The summed E-state index contributed by atoms with van der Waals surface area (Å²) < 4.78 is 0. The zero-order chi connectivity index (χ0) is 11.3. The van der Waals surface area contributed by atoms with Crippen LogP contribution >= 0.6 is 11.6 Å². The normalized spacial score (nSPS) is 23.6.